The number of nitrogens with two attached hydrogens (primary N) is 1. The molecule has 4 bridgehead atoms. The highest BCUT2D eigenvalue weighted by Crippen LogP contribution is 2.76. The highest BCUT2D eigenvalue weighted by atomic mass is 16.6. The Balaban J connectivity index is 1.31. The molecule has 8 atom stereocenters. The van der Waals surface area contributed by atoms with Crippen LogP contribution in [0.1, 0.15) is 69.9 Å². The molecule has 7 heteroatoms. The van der Waals surface area contributed by atoms with Crippen molar-refractivity contribution in [2.45, 2.75) is 94.4 Å². The third kappa shape index (κ3) is 3.04. The summed E-state index contributed by atoms with van der Waals surface area (Å²) in [7, 11) is 3.58. The van der Waals surface area contributed by atoms with Crippen molar-refractivity contribution in [2.24, 2.45) is 28.9 Å². The number of hydrogen-bond acceptors (Lipinski definition) is 7. The summed E-state index contributed by atoms with van der Waals surface area (Å²) in [6.45, 7) is 6.74. The van der Waals surface area contributed by atoms with E-state index in [2.05, 4.69) is 24.0 Å². The van der Waals surface area contributed by atoms with Crippen LogP contribution >= 0.6 is 0 Å². The number of piperidine rings is 1. The van der Waals surface area contributed by atoms with Crippen LogP contribution in [0.25, 0.3) is 0 Å². The van der Waals surface area contributed by atoms with E-state index in [1.165, 1.54) is 30.5 Å². The lowest BCUT2D eigenvalue weighted by molar-refractivity contribution is -0.282. The molecule has 0 amide bonds. The Bertz CT molecular complexity index is 1140. The first-order valence-corrected chi connectivity index (χ1v) is 14.9. The average Bonchev–Trinajstić information content (AvgIpc) is 3.69. The van der Waals surface area contributed by atoms with E-state index in [1.54, 1.807) is 7.11 Å². The van der Waals surface area contributed by atoms with Crippen LogP contribution in [0.3, 0.4) is 0 Å². The predicted octanol–water partition coefficient (Wildman–Crippen LogP) is 3.84. The molecule has 0 unspecified atom stereocenters. The maximum absolute atomic E-state index is 13.0. The van der Waals surface area contributed by atoms with Crippen molar-refractivity contribution in [1.29, 1.82) is 0 Å². The number of likely N-dealkylation sites (tertiary alicyclic amines) is 1. The van der Waals surface area contributed by atoms with E-state index in [9.17, 15) is 4.79 Å². The Morgan fingerprint density at radius 3 is 2.76 bits per heavy atom. The molecule has 2 heterocycles. The van der Waals surface area contributed by atoms with Crippen LogP contribution in [0.5, 0.6) is 11.5 Å². The van der Waals surface area contributed by atoms with Crippen molar-refractivity contribution >= 4 is 5.97 Å². The van der Waals surface area contributed by atoms with Crippen molar-refractivity contribution in [2.75, 3.05) is 33.9 Å². The van der Waals surface area contributed by atoms with Crippen molar-refractivity contribution in [3.05, 3.63) is 23.3 Å². The summed E-state index contributed by atoms with van der Waals surface area (Å²) in [6, 6.07) is 4.28. The Morgan fingerprint density at radius 1 is 1.24 bits per heavy atom. The molecule has 7 nitrogen and oxygen atoms in total. The fourth-order valence-corrected chi connectivity index (χ4v) is 9.66. The Hall–Kier alpha value is -1.83. The number of esters is 1. The third-order valence-corrected chi connectivity index (χ3v) is 12.0. The Labute approximate surface area is 226 Å². The molecular formula is C31H44N2O5. The van der Waals surface area contributed by atoms with Gasteiger partial charge in [-0.1, -0.05) is 26.3 Å². The minimum atomic E-state index is -0.592. The lowest BCUT2D eigenvalue weighted by Crippen LogP contribution is -2.81. The predicted molar refractivity (Wildman–Crippen MR) is 143 cm³/mol. The molecule has 38 heavy (non-hydrogen) atoms. The Morgan fingerprint density at radius 2 is 2.05 bits per heavy atom. The van der Waals surface area contributed by atoms with Crippen LogP contribution in [-0.4, -0.2) is 68.6 Å². The average molecular weight is 525 g/mol. The second-order valence-electron chi connectivity index (χ2n) is 13.3. The third-order valence-electron chi connectivity index (χ3n) is 12.0. The minimum absolute atomic E-state index is 0.0673. The van der Waals surface area contributed by atoms with Crippen LogP contribution in [-0.2, 0) is 26.1 Å². The Kier molecular flexibility index (Phi) is 5.68. The van der Waals surface area contributed by atoms with Crippen LogP contribution in [0.4, 0.5) is 0 Å². The van der Waals surface area contributed by atoms with E-state index in [-0.39, 0.29) is 34.7 Å². The van der Waals surface area contributed by atoms with Crippen molar-refractivity contribution in [1.82, 2.24) is 4.90 Å². The summed E-state index contributed by atoms with van der Waals surface area (Å²) in [5, 5.41) is 0. The summed E-state index contributed by atoms with van der Waals surface area (Å²) in [5.41, 5.74) is 8.57. The molecule has 8 rings (SSSR count). The largest absolute Gasteiger partial charge is 0.493 e. The molecule has 4 saturated carbocycles. The number of ether oxygens (including phenoxy) is 4. The minimum Gasteiger partial charge on any atom is -0.493 e. The quantitative estimate of drug-likeness (QED) is 0.492. The summed E-state index contributed by atoms with van der Waals surface area (Å²) >= 11 is 0. The van der Waals surface area contributed by atoms with Crippen molar-refractivity contribution in [3.63, 3.8) is 0 Å². The number of carbonyl (C=O) groups excluding carboxylic acids is 1. The number of rotatable bonds is 9. The first kappa shape index (κ1) is 25.2. The zero-order valence-electron chi connectivity index (χ0n) is 23.5. The molecule has 5 aliphatic carbocycles. The van der Waals surface area contributed by atoms with Crippen LogP contribution in [0.15, 0.2) is 12.1 Å². The molecule has 1 aromatic carbocycles. The number of fused-ring (bicyclic) bond motifs is 2. The van der Waals surface area contributed by atoms with Crippen LogP contribution in [0.2, 0.25) is 0 Å². The standard InChI is InChI=1S/C31H44N2O5/c1-5-18(2)25(32)27(34)37-17-21-15-29-10-11-31(21,36-4)28-30(29)12-13-33(16-19-6-7-19)23(29)14-20-8-9-22(35-3)26(38-28)24(20)30/h8-9,18-19,21,23,25,28H,5-7,10-17,32H2,1-4H3/t18-,21+,23+,25-,28+,29+,30-,31+/m0/s1. The van der Waals surface area contributed by atoms with Gasteiger partial charge in [-0.05, 0) is 75.0 Å². The number of benzene rings is 1. The monoisotopic (exact) mass is 524 g/mol. The molecule has 7 aliphatic rings. The van der Waals surface area contributed by atoms with E-state index >= 15 is 0 Å². The smallest absolute Gasteiger partial charge is 0.323 e. The van der Waals surface area contributed by atoms with Crippen molar-refractivity contribution < 1.29 is 23.7 Å². The lowest BCUT2D eigenvalue weighted by Gasteiger charge is -2.73. The van der Waals surface area contributed by atoms with Crippen molar-refractivity contribution in [3.8, 4) is 11.5 Å². The van der Waals surface area contributed by atoms with Gasteiger partial charge in [0.05, 0.1) is 13.7 Å². The zero-order chi connectivity index (χ0) is 26.4. The van der Waals surface area contributed by atoms with E-state index in [1.807, 2.05) is 14.0 Å². The van der Waals surface area contributed by atoms with Gasteiger partial charge in [-0.3, -0.25) is 9.69 Å². The fourth-order valence-electron chi connectivity index (χ4n) is 9.66. The van der Waals surface area contributed by atoms with Gasteiger partial charge in [0.25, 0.3) is 0 Å². The van der Waals surface area contributed by atoms with Gasteiger partial charge >= 0.3 is 5.97 Å². The molecule has 2 spiro atoms. The molecule has 208 valence electrons. The molecule has 1 aromatic rings. The topological polar surface area (TPSA) is 83.3 Å². The molecular weight excluding hydrogens is 480 g/mol. The van der Waals surface area contributed by atoms with Gasteiger partial charge in [0, 0.05) is 42.0 Å². The van der Waals surface area contributed by atoms with E-state index < -0.39 is 11.6 Å². The summed E-state index contributed by atoms with van der Waals surface area (Å²) in [5.74, 6) is 2.49. The second-order valence-corrected chi connectivity index (χ2v) is 13.3. The van der Waals surface area contributed by atoms with Crippen LogP contribution < -0.4 is 15.2 Å². The van der Waals surface area contributed by atoms with Gasteiger partial charge < -0.3 is 24.7 Å². The van der Waals surface area contributed by atoms with Gasteiger partial charge in [0.2, 0.25) is 0 Å². The number of nitrogens with zero attached hydrogens (tertiary/aromatic N) is 1. The second kappa shape index (κ2) is 8.58. The molecule has 0 radical (unpaired) electrons. The SMILES string of the molecule is CC[C@H](C)[C@H](N)C(=O)OC[C@H]1C[C@@]23CC[C@]1(OC)[C@@H]1Oc4c(OC)ccc5c4[C@@]12CCN(CC1CC1)[C@@H]3C5. The normalized spacial score (nSPS) is 39.8. The molecule has 2 aliphatic heterocycles. The summed E-state index contributed by atoms with van der Waals surface area (Å²) < 4.78 is 25.5. The highest BCUT2D eigenvalue weighted by molar-refractivity contribution is 5.75. The van der Waals surface area contributed by atoms with Gasteiger partial charge in [-0.15, -0.1) is 0 Å². The molecule has 2 N–H and O–H groups in total. The summed E-state index contributed by atoms with van der Waals surface area (Å²) in [6.07, 6.45) is 8.67. The van der Waals surface area contributed by atoms with Gasteiger partial charge in [0.1, 0.15) is 17.7 Å². The molecule has 1 saturated heterocycles. The van der Waals surface area contributed by atoms with Gasteiger partial charge in [0.15, 0.2) is 11.5 Å². The van der Waals surface area contributed by atoms with Gasteiger partial charge in [-0.2, -0.15) is 0 Å². The fraction of sp³-hybridized carbons (Fsp3) is 0.774. The zero-order valence-corrected chi connectivity index (χ0v) is 23.5. The van der Waals surface area contributed by atoms with E-state index in [0.29, 0.717) is 12.6 Å². The first-order valence-electron chi connectivity index (χ1n) is 14.9. The highest BCUT2D eigenvalue weighted by Gasteiger charge is 2.80. The number of hydrogen-bond donors (Lipinski definition) is 1. The summed E-state index contributed by atoms with van der Waals surface area (Å²) in [4.78, 5) is 15.8. The maximum Gasteiger partial charge on any atom is 0.323 e. The maximum atomic E-state index is 13.0. The van der Waals surface area contributed by atoms with E-state index in [0.717, 1.165) is 62.5 Å². The van der Waals surface area contributed by atoms with E-state index in [4.69, 9.17) is 24.7 Å². The number of methoxy groups -OCH3 is 2. The van der Waals surface area contributed by atoms with Crippen LogP contribution in [0, 0.1) is 23.2 Å². The van der Waals surface area contributed by atoms with Gasteiger partial charge in [-0.25, -0.2) is 0 Å². The first-order chi connectivity index (χ1) is 18.3. The molecule has 5 fully saturated rings. The number of carbonyl (C=O) groups is 1. The molecule has 0 aromatic heterocycles. The lowest BCUT2D eigenvalue weighted by atomic mass is 9.35.